The summed E-state index contributed by atoms with van der Waals surface area (Å²) in [5.41, 5.74) is 3.23. The van der Waals surface area contributed by atoms with E-state index in [1.54, 1.807) is 60.7 Å². The van der Waals surface area contributed by atoms with Crippen molar-refractivity contribution in [2.24, 2.45) is 0 Å². The van der Waals surface area contributed by atoms with Crippen LogP contribution in [0.25, 0.3) is 0 Å². The highest BCUT2D eigenvalue weighted by atomic mass is 16.2. The minimum absolute atomic E-state index is 0.120. The largest absolute Gasteiger partial charge is 0.321 e. The van der Waals surface area contributed by atoms with Gasteiger partial charge in [0, 0.05) is 22.4 Å². The van der Waals surface area contributed by atoms with E-state index >= 15 is 0 Å². The summed E-state index contributed by atoms with van der Waals surface area (Å²) in [6, 6.07) is 19.0. The van der Waals surface area contributed by atoms with E-state index in [0.29, 0.717) is 39.2 Å². The van der Waals surface area contributed by atoms with Crippen molar-refractivity contribution in [3.63, 3.8) is 0 Å². The molecule has 5 rings (SSSR count). The fraction of sp³-hybridized carbons (Fsp3) is 0.0435. The van der Waals surface area contributed by atoms with Crippen LogP contribution in [0.3, 0.4) is 0 Å². The summed E-state index contributed by atoms with van der Waals surface area (Å²) in [6.07, 6.45) is 0. The molecule has 3 aromatic rings. The van der Waals surface area contributed by atoms with Crippen LogP contribution < -0.4 is 10.6 Å². The number of anilines is 2. The van der Waals surface area contributed by atoms with E-state index in [0.717, 1.165) is 0 Å². The van der Waals surface area contributed by atoms with Gasteiger partial charge >= 0.3 is 0 Å². The lowest BCUT2D eigenvalue weighted by molar-refractivity contribution is -0.110. The fourth-order valence-electron chi connectivity index (χ4n) is 4.05. The van der Waals surface area contributed by atoms with Gasteiger partial charge in [-0.3, -0.25) is 19.8 Å². The lowest BCUT2D eigenvalue weighted by atomic mass is 9.72. The molecule has 0 spiro atoms. The Morgan fingerprint density at radius 2 is 1.69 bits per heavy atom. The summed E-state index contributed by atoms with van der Waals surface area (Å²) in [5, 5.41) is 13.8. The molecule has 0 radical (unpaired) electrons. The highest BCUT2D eigenvalue weighted by Crippen LogP contribution is 2.45. The maximum atomic E-state index is 13.3. The van der Waals surface area contributed by atoms with Gasteiger partial charge in [-0.1, -0.05) is 42.5 Å². The van der Waals surface area contributed by atoms with E-state index in [9.17, 15) is 14.4 Å². The van der Waals surface area contributed by atoms with Crippen LogP contribution in [-0.4, -0.2) is 23.3 Å². The molecule has 0 bridgehead atoms. The van der Waals surface area contributed by atoms with Gasteiger partial charge in [0.15, 0.2) is 5.78 Å². The van der Waals surface area contributed by atoms with Gasteiger partial charge in [-0.05, 0) is 29.8 Å². The van der Waals surface area contributed by atoms with Gasteiger partial charge in [0.05, 0.1) is 17.2 Å². The third kappa shape index (κ3) is 2.50. The molecule has 0 saturated carbocycles. The molecule has 0 aromatic heterocycles. The summed E-state index contributed by atoms with van der Waals surface area (Å²) < 4.78 is 0. The van der Waals surface area contributed by atoms with Crippen molar-refractivity contribution in [2.75, 3.05) is 10.6 Å². The molecular formula is C23H15N3O3. The van der Waals surface area contributed by atoms with Crippen LogP contribution in [0.2, 0.25) is 0 Å². The Morgan fingerprint density at radius 3 is 2.48 bits per heavy atom. The maximum absolute atomic E-state index is 13.3. The smallest absolute Gasteiger partial charge is 0.270 e. The van der Waals surface area contributed by atoms with Gasteiger partial charge < -0.3 is 10.6 Å². The van der Waals surface area contributed by atoms with Gasteiger partial charge in [-0.15, -0.1) is 0 Å². The number of amides is 2. The topological polar surface area (TPSA) is 99.1 Å². The van der Waals surface area contributed by atoms with Crippen molar-refractivity contribution in [3.05, 3.63) is 94.5 Å². The number of rotatable bonds is 2. The Hall–Kier alpha value is -4.06. The van der Waals surface area contributed by atoms with E-state index in [2.05, 4.69) is 10.6 Å². The predicted molar refractivity (Wildman–Crippen MR) is 109 cm³/mol. The van der Waals surface area contributed by atoms with Crippen molar-refractivity contribution in [1.82, 2.24) is 0 Å². The van der Waals surface area contributed by atoms with E-state index in [4.69, 9.17) is 5.41 Å². The average Bonchev–Trinajstić information content (AvgIpc) is 2.74. The molecular weight excluding hydrogens is 366 g/mol. The summed E-state index contributed by atoms with van der Waals surface area (Å²) in [7, 11) is 0. The van der Waals surface area contributed by atoms with Gasteiger partial charge in [0.2, 0.25) is 0 Å². The standard InChI is InChI=1S/C23H15N3O3/c24-20-19-13-8-4-11-16(25-22(28)12-6-2-1-3-7-12)18(13)21(27)14-9-5-10-15(17(14)19)26-23(20)29/h1-11,19,24H,(H,25,28)(H,26,29). The van der Waals surface area contributed by atoms with Crippen LogP contribution in [-0.2, 0) is 4.79 Å². The predicted octanol–water partition coefficient (Wildman–Crippen LogP) is 3.59. The molecule has 140 valence electrons. The van der Waals surface area contributed by atoms with Crippen LogP contribution in [0.4, 0.5) is 11.4 Å². The third-order valence-corrected chi connectivity index (χ3v) is 5.34. The fourth-order valence-corrected chi connectivity index (χ4v) is 4.05. The van der Waals surface area contributed by atoms with Crippen LogP contribution in [0, 0.1) is 5.41 Å². The Kier molecular flexibility index (Phi) is 3.67. The molecule has 1 atom stereocenters. The monoisotopic (exact) mass is 381 g/mol. The van der Waals surface area contributed by atoms with E-state index in [1.807, 2.05) is 6.07 Å². The summed E-state index contributed by atoms with van der Waals surface area (Å²) in [6.45, 7) is 0. The van der Waals surface area contributed by atoms with Gasteiger partial charge in [0.1, 0.15) is 5.71 Å². The first kappa shape index (κ1) is 17.1. The quantitative estimate of drug-likeness (QED) is 0.633. The van der Waals surface area contributed by atoms with Gasteiger partial charge in [-0.2, -0.15) is 0 Å². The molecule has 1 heterocycles. The van der Waals surface area contributed by atoms with E-state index in [-0.39, 0.29) is 17.4 Å². The Morgan fingerprint density at radius 1 is 0.931 bits per heavy atom. The number of ketones is 1. The lowest BCUT2D eigenvalue weighted by Crippen LogP contribution is -2.38. The highest BCUT2D eigenvalue weighted by molar-refractivity contribution is 6.47. The molecule has 3 N–H and O–H groups in total. The minimum Gasteiger partial charge on any atom is -0.321 e. The number of carbonyl (C=O) groups is 3. The van der Waals surface area contributed by atoms with Crippen LogP contribution in [0.5, 0.6) is 0 Å². The number of hydrogen-bond donors (Lipinski definition) is 3. The SMILES string of the molecule is N=C1C(=O)Nc2cccc3c2C1c1cccc(NC(=O)c2ccccc2)c1C3=O. The molecule has 0 fully saturated rings. The van der Waals surface area contributed by atoms with Crippen molar-refractivity contribution in [3.8, 4) is 0 Å². The minimum atomic E-state index is -0.642. The molecule has 0 saturated heterocycles. The zero-order valence-corrected chi connectivity index (χ0v) is 15.2. The van der Waals surface area contributed by atoms with Crippen LogP contribution >= 0.6 is 0 Å². The Bertz CT molecular complexity index is 1230. The summed E-state index contributed by atoms with van der Waals surface area (Å²) in [4.78, 5) is 38.3. The van der Waals surface area contributed by atoms with Gasteiger partial charge in [0.25, 0.3) is 11.8 Å². The highest BCUT2D eigenvalue weighted by Gasteiger charge is 2.41. The second-order valence-corrected chi connectivity index (χ2v) is 6.99. The van der Waals surface area contributed by atoms with Crippen molar-refractivity contribution < 1.29 is 14.4 Å². The van der Waals surface area contributed by atoms with Crippen molar-refractivity contribution in [1.29, 1.82) is 5.41 Å². The summed E-state index contributed by atoms with van der Waals surface area (Å²) >= 11 is 0. The van der Waals surface area contributed by atoms with Crippen molar-refractivity contribution in [2.45, 2.75) is 5.92 Å². The molecule has 1 aliphatic carbocycles. The van der Waals surface area contributed by atoms with E-state index in [1.165, 1.54) is 0 Å². The first-order valence-electron chi connectivity index (χ1n) is 9.13. The molecule has 29 heavy (non-hydrogen) atoms. The molecule has 2 amide bonds. The number of hydrogen-bond acceptors (Lipinski definition) is 4. The first-order chi connectivity index (χ1) is 14.1. The second kappa shape index (κ2) is 6.24. The van der Waals surface area contributed by atoms with Crippen LogP contribution in [0.15, 0.2) is 66.7 Å². The Labute approximate surface area is 166 Å². The molecule has 1 aliphatic heterocycles. The average molecular weight is 381 g/mol. The normalized spacial score (nSPS) is 16.6. The zero-order chi connectivity index (χ0) is 20.1. The molecule has 6 nitrogen and oxygen atoms in total. The molecule has 3 aromatic carbocycles. The lowest BCUT2D eigenvalue weighted by Gasteiger charge is -2.33. The Balaban J connectivity index is 1.67. The first-order valence-corrected chi connectivity index (χ1v) is 9.13. The second-order valence-electron chi connectivity index (χ2n) is 6.99. The summed E-state index contributed by atoms with van der Waals surface area (Å²) in [5.74, 6) is -1.70. The van der Waals surface area contributed by atoms with Gasteiger partial charge in [-0.25, -0.2) is 0 Å². The van der Waals surface area contributed by atoms with Crippen molar-refractivity contribution >= 4 is 34.7 Å². The number of nitrogens with one attached hydrogen (secondary N) is 3. The third-order valence-electron chi connectivity index (χ3n) is 5.34. The number of benzene rings is 3. The zero-order valence-electron chi connectivity index (χ0n) is 15.2. The molecule has 2 aliphatic rings. The van der Waals surface area contributed by atoms with E-state index < -0.39 is 11.8 Å². The number of fused-ring (bicyclic) bond motifs is 2. The maximum Gasteiger partial charge on any atom is 0.270 e. The molecule has 6 heteroatoms. The number of carbonyl (C=O) groups excluding carboxylic acids is 3. The molecule has 1 unspecified atom stereocenters. The van der Waals surface area contributed by atoms with Crippen LogP contribution in [0.1, 0.15) is 43.3 Å².